The second-order valence-electron chi connectivity index (χ2n) is 5.53. The summed E-state index contributed by atoms with van der Waals surface area (Å²) in [5.41, 5.74) is -0.0424. The first kappa shape index (κ1) is 12.9. The monoisotopic (exact) mass is 255 g/mol. The Balaban J connectivity index is 2.08. The molecular weight excluding hydrogens is 234 g/mol. The van der Waals surface area contributed by atoms with Gasteiger partial charge in [-0.25, -0.2) is 0 Å². The second kappa shape index (κ2) is 4.98. The molecule has 0 radical (unpaired) electrons. The van der Waals surface area contributed by atoms with E-state index in [0.717, 1.165) is 24.8 Å². The van der Waals surface area contributed by atoms with Gasteiger partial charge in [0.2, 0.25) is 5.89 Å². The number of hydrogen-bond donors (Lipinski definition) is 0. The average molecular weight is 255 g/mol. The largest absolute Gasteiger partial charge is 0.338 e. The van der Waals surface area contributed by atoms with E-state index in [1.807, 2.05) is 11.8 Å². The minimum Gasteiger partial charge on any atom is -0.338 e. The van der Waals surface area contributed by atoms with E-state index in [2.05, 4.69) is 42.7 Å². The lowest BCUT2D eigenvalue weighted by atomic mass is 9.96. The topological polar surface area (TPSA) is 42.2 Å². The Labute approximate surface area is 107 Å². The van der Waals surface area contributed by atoms with Gasteiger partial charge in [-0.3, -0.25) is 4.90 Å². The van der Waals surface area contributed by atoms with Crippen molar-refractivity contribution in [1.82, 2.24) is 15.0 Å². The van der Waals surface area contributed by atoms with Gasteiger partial charge in [-0.05, 0) is 6.92 Å². The molecule has 96 valence electrons. The van der Waals surface area contributed by atoms with Crippen LogP contribution in [-0.4, -0.2) is 39.6 Å². The Morgan fingerprint density at radius 1 is 1.29 bits per heavy atom. The molecule has 0 amide bonds. The SMILES string of the molecule is C[C@@H](c1nc(C(C)(C)C)no1)N1CCSCC1. The predicted molar refractivity (Wildman–Crippen MR) is 70.3 cm³/mol. The molecule has 5 heteroatoms. The van der Waals surface area contributed by atoms with Gasteiger partial charge in [0.25, 0.3) is 0 Å². The molecule has 0 spiro atoms. The lowest BCUT2D eigenvalue weighted by molar-refractivity contribution is 0.189. The molecule has 0 aromatic carbocycles. The van der Waals surface area contributed by atoms with Gasteiger partial charge in [0, 0.05) is 30.0 Å². The van der Waals surface area contributed by atoms with Crippen LogP contribution in [0.4, 0.5) is 0 Å². The average Bonchev–Trinajstić information content (AvgIpc) is 2.78. The smallest absolute Gasteiger partial charge is 0.243 e. The van der Waals surface area contributed by atoms with Crippen LogP contribution in [0.2, 0.25) is 0 Å². The number of thioether (sulfide) groups is 1. The van der Waals surface area contributed by atoms with Gasteiger partial charge in [0.15, 0.2) is 5.82 Å². The van der Waals surface area contributed by atoms with Crippen LogP contribution in [0.3, 0.4) is 0 Å². The zero-order valence-electron chi connectivity index (χ0n) is 11.1. The normalized spacial score (nSPS) is 20.5. The van der Waals surface area contributed by atoms with Crippen LogP contribution in [0.1, 0.15) is 45.5 Å². The number of aromatic nitrogens is 2. The van der Waals surface area contributed by atoms with Crippen molar-refractivity contribution < 1.29 is 4.52 Å². The zero-order chi connectivity index (χ0) is 12.5. The molecule has 0 unspecified atom stereocenters. The Morgan fingerprint density at radius 3 is 2.47 bits per heavy atom. The van der Waals surface area contributed by atoms with Gasteiger partial charge in [0.1, 0.15) is 0 Å². The quantitative estimate of drug-likeness (QED) is 0.812. The molecule has 4 nitrogen and oxygen atoms in total. The van der Waals surface area contributed by atoms with Gasteiger partial charge < -0.3 is 4.52 Å². The van der Waals surface area contributed by atoms with Gasteiger partial charge >= 0.3 is 0 Å². The Hall–Kier alpha value is -0.550. The van der Waals surface area contributed by atoms with Crippen LogP contribution in [-0.2, 0) is 5.41 Å². The van der Waals surface area contributed by atoms with Crippen molar-refractivity contribution in [2.75, 3.05) is 24.6 Å². The third-order valence-electron chi connectivity index (χ3n) is 3.06. The van der Waals surface area contributed by atoms with Crippen molar-refractivity contribution in [2.24, 2.45) is 0 Å². The maximum atomic E-state index is 5.40. The standard InChI is InChI=1S/C12H21N3OS/c1-9(15-5-7-17-8-6-15)10-13-11(14-16-10)12(2,3)4/h9H,5-8H2,1-4H3/t9-/m0/s1. The summed E-state index contributed by atoms with van der Waals surface area (Å²) in [4.78, 5) is 6.94. The van der Waals surface area contributed by atoms with Gasteiger partial charge in [-0.15, -0.1) is 0 Å². The van der Waals surface area contributed by atoms with Crippen LogP contribution in [0.25, 0.3) is 0 Å². The fourth-order valence-electron chi connectivity index (χ4n) is 1.83. The van der Waals surface area contributed by atoms with Crippen LogP contribution in [0.15, 0.2) is 4.52 Å². The molecular formula is C12H21N3OS. The minimum absolute atomic E-state index is 0.0424. The Kier molecular flexibility index (Phi) is 3.78. The first-order valence-electron chi connectivity index (χ1n) is 6.14. The van der Waals surface area contributed by atoms with Crippen LogP contribution in [0, 0.1) is 0 Å². The first-order chi connectivity index (χ1) is 7.98. The number of hydrogen-bond acceptors (Lipinski definition) is 5. The molecule has 0 aliphatic carbocycles. The highest BCUT2D eigenvalue weighted by atomic mass is 32.2. The van der Waals surface area contributed by atoms with Gasteiger partial charge in [0.05, 0.1) is 6.04 Å². The molecule has 0 N–H and O–H groups in total. The molecule has 0 saturated carbocycles. The summed E-state index contributed by atoms with van der Waals surface area (Å²) in [6, 6.07) is 0.236. The van der Waals surface area contributed by atoms with Crippen LogP contribution < -0.4 is 0 Å². The molecule has 1 aromatic rings. The van der Waals surface area contributed by atoms with Crippen molar-refractivity contribution in [1.29, 1.82) is 0 Å². The van der Waals surface area contributed by atoms with Crippen molar-refractivity contribution in [2.45, 2.75) is 39.2 Å². The molecule has 1 aliphatic heterocycles. The molecule has 0 bridgehead atoms. The molecule has 2 rings (SSSR count). The molecule has 1 saturated heterocycles. The summed E-state index contributed by atoms with van der Waals surface area (Å²) in [7, 11) is 0. The summed E-state index contributed by atoms with van der Waals surface area (Å²) in [5.74, 6) is 3.95. The summed E-state index contributed by atoms with van der Waals surface area (Å²) < 4.78 is 5.40. The molecule has 1 aliphatic rings. The number of rotatable bonds is 2. The minimum atomic E-state index is -0.0424. The second-order valence-corrected chi connectivity index (χ2v) is 6.76. The molecule has 1 aromatic heterocycles. The fourth-order valence-corrected chi connectivity index (χ4v) is 2.76. The van der Waals surface area contributed by atoms with Gasteiger partial charge in [-0.2, -0.15) is 16.7 Å². The highest BCUT2D eigenvalue weighted by Gasteiger charge is 2.26. The maximum Gasteiger partial charge on any atom is 0.243 e. The van der Waals surface area contributed by atoms with Crippen LogP contribution in [0.5, 0.6) is 0 Å². The summed E-state index contributed by atoms with van der Waals surface area (Å²) in [5, 5.41) is 4.09. The lowest BCUT2D eigenvalue weighted by Crippen LogP contribution is -2.35. The molecule has 1 fully saturated rings. The van der Waals surface area contributed by atoms with Crippen LogP contribution >= 0.6 is 11.8 Å². The van der Waals surface area contributed by atoms with E-state index < -0.39 is 0 Å². The van der Waals surface area contributed by atoms with Crippen molar-refractivity contribution >= 4 is 11.8 Å². The third-order valence-corrected chi connectivity index (χ3v) is 4.01. The van der Waals surface area contributed by atoms with Crippen molar-refractivity contribution in [3.8, 4) is 0 Å². The summed E-state index contributed by atoms with van der Waals surface area (Å²) in [6.45, 7) is 10.7. The highest BCUT2D eigenvalue weighted by molar-refractivity contribution is 7.99. The fraction of sp³-hybridized carbons (Fsp3) is 0.833. The summed E-state index contributed by atoms with van der Waals surface area (Å²) in [6.07, 6.45) is 0. The maximum absolute atomic E-state index is 5.40. The Morgan fingerprint density at radius 2 is 1.94 bits per heavy atom. The zero-order valence-corrected chi connectivity index (χ0v) is 11.9. The summed E-state index contributed by atoms with van der Waals surface area (Å²) >= 11 is 2.01. The van der Waals surface area contributed by atoms with E-state index in [0.29, 0.717) is 0 Å². The molecule has 2 heterocycles. The lowest BCUT2D eigenvalue weighted by Gasteiger charge is -2.29. The number of nitrogens with zero attached hydrogens (tertiary/aromatic N) is 3. The molecule has 17 heavy (non-hydrogen) atoms. The highest BCUT2D eigenvalue weighted by Crippen LogP contribution is 2.25. The molecule has 1 atom stereocenters. The van der Waals surface area contributed by atoms with E-state index in [1.165, 1.54) is 11.5 Å². The Bertz CT molecular complexity index is 366. The predicted octanol–water partition coefficient (Wildman–Crippen LogP) is 2.48. The third kappa shape index (κ3) is 3.01. The van der Waals surface area contributed by atoms with E-state index in [1.54, 1.807) is 0 Å². The van der Waals surface area contributed by atoms with E-state index in [4.69, 9.17) is 4.52 Å². The first-order valence-corrected chi connectivity index (χ1v) is 7.30. The van der Waals surface area contributed by atoms with Crippen molar-refractivity contribution in [3.63, 3.8) is 0 Å². The van der Waals surface area contributed by atoms with Gasteiger partial charge in [-0.1, -0.05) is 25.9 Å². The van der Waals surface area contributed by atoms with E-state index in [-0.39, 0.29) is 11.5 Å². The van der Waals surface area contributed by atoms with Crippen molar-refractivity contribution in [3.05, 3.63) is 11.7 Å². The van der Waals surface area contributed by atoms with E-state index in [9.17, 15) is 0 Å². The van der Waals surface area contributed by atoms with E-state index >= 15 is 0 Å².